The van der Waals surface area contributed by atoms with Crippen LogP contribution in [0.25, 0.3) is 0 Å². The summed E-state index contributed by atoms with van der Waals surface area (Å²) in [7, 11) is 0. The van der Waals surface area contributed by atoms with Gasteiger partial charge in [-0.05, 0) is 29.2 Å². The Labute approximate surface area is 147 Å². The van der Waals surface area contributed by atoms with Gasteiger partial charge in [-0.3, -0.25) is 4.90 Å². The predicted molar refractivity (Wildman–Crippen MR) is 95.1 cm³/mol. The highest BCUT2D eigenvalue weighted by molar-refractivity contribution is 6.42. The summed E-state index contributed by atoms with van der Waals surface area (Å²) in [4.78, 5) is 13.5. The van der Waals surface area contributed by atoms with Crippen LogP contribution < -0.4 is 0 Å². The Morgan fingerprint density at radius 1 is 1.04 bits per heavy atom. The molecule has 2 unspecified atom stereocenters. The van der Waals surface area contributed by atoms with E-state index in [1.807, 2.05) is 24.3 Å². The molecule has 0 radical (unpaired) electrons. The number of carbonyl (C=O) groups is 1. The van der Waals surface area contributed by atoms with Crippen molar-refractivity contribution in [3.8, 4) is 0 Å². The minimum absolute atomic E-state index is 0.318. The normalized spacial score (nSPS) is 21.5. The first-order valence-corrected chi connectivity index (χ1v) is 8.58. The zero-order valence-electron chi connectivity index (χ0n) is 12.8. The summed E-state index contributed by atoms with van der Waals surface area (Å²) >= 11 is 12.2. The van der Waals surface area contributed by atoms with Gasteiger partial charge in [0.2, 0.25) is 0 Å². The average Bonchev–Trinajstić information content (AvgIpc) is 2.94. The number of rotatable bonds is 5. The summed E-state index contributed by atoms with van der Waals surface area (Å²) in [5.74, 6) is 0.645. The first-order chi connectivity index (χ1) is 11.2. The van der Waals surface area contributed by atoms with Gasteiger partial charge in [-0.15, -0.1) is 0 Å². The van der Waals surface area contributed by atoms with E-state index in [-0.39, 0.29) is 0 Å². The fraction of sp³-hybridized carbons (Fsp3) is 0.316. The van der Waals surface area contributed by atoms with E-state index >= 15 is 0 Å². The number of aldehydes is 1. The first kappa shape index (κ1) is 16.5. The predicted octanol–water partition coefficient (Wildman–Crippen LogP) is 4.80. The molecule has 3 rings (SSSR count). The van der Waals surface area contributed by atoms with Crippen LogP contribution in [-0.2, 0) is 11.3 Å². The van der Waals surface area contributed by atoms with Crippen molar-refractivity contribution in [3.05, 3.63) is 69.7 Å². The zero-order chi connectivity index (χ0) is 16.2. The Morgan fingerprint density at radius 3 is 2.52 bits per heavy atom. The molecule has 0 bridgehead atoms. The standard InChI is InChI=1S/C19H19Cl2NO/c20-18-7-6-15(10-19(18)21)17-13-22(12-16(17)8-9-23)11-14-4-2-1-3-5-14/h1-7,9-10,16-17H,8,11-13H2. The van der Waals surface area contributed by atoms with Crippen molar-refractivity contribution in [3.63, 3.8) is 0 Å². The second-order valence-electron chi connectivity index (χ2n) is 6.12. The molecule has 2 atom stereocenters. The van der Waals surface area contributed by atoms with Crippen LogP contribution in [0.2, 0.25) is 10.0 Å². The minimum Gasteiger partial charge on any atom is -0.303 e. The van der Waals surface area contributed by atoms with Crippen LogP contribution in [0.3, 0.4) is 0 Å². The third-order valence-corrected chi connectivity index (χ3v) is 5.28. The molecular weight excluding hydrogens is 329 g/mol. The Balaban J connectivity index is 1.78. The Hall–Kier alpha value is -1.35. The molecule has 2 aromatic rings. The molecule has 0 N–H and O–H groups in total. The largest absolute Gasteiger partial charge is 0.303 e. The van der Waals surface area contributed by atoms with Crippen molar-refractivity contribution < 1.29 is 4.79 Å². The third-order valence-electron chi connectivity index (χ3n) is 4.54. The van der Waals surface area contributed by atoms with Crippen LogP contribution in [0.4, 0.5) is 0 Å². The molecule has 23 heavy (non-hydrogen) atoms. The quantitative estimate of drug-likeness (QED) is 0.724. The summed E-state index contributed by atoms with van der Waals surface area (Å²) in [6, 6.07) is 16.2. The first-order valence-electron chi connectivity index (χ1n) is 7.82. The molecule has 0 saturated carbocycles. The Kier molecular flexibility index (Phi) is 5.37. The SMILES string of the molecule is O=CCC1CN(Cc2ccccc2)CC1c1ccc(Cl)c(Cl)c1. The molecule has 0 aliphatic carbocycles. The molecule has 120 valence electrons. The maximum Gasteiger partial charge on any atom is 0.120 e. The molecule has 0 amide bonds. The second kappa shape index (κ2) is 7.48. The second-order valence-corrected chi connectivity index (χ2v) is 6.94. The molecule has 1 saturated heterocycles. The molecule has 4 heteroatoms. The van der Waals surface area contributed by atoms with Gasteiger partial charge in [-0.2, -0.15) is 0 Å². The number of nitrogens with zero attached hydrogens (tertiary/aromatic N) is 1. The van der Waals surface area contributed by atoms with Crippen molar-refractivity contribution in [2.45, 2.75) is 18.9 Å². The van der Waals surface area contributed by atoms with Gasteiger partial charge in [0.05, 0.1) is 10.0 Å². The molecule has 1 aliphatic rings. The van der Waals surface area contributed by atoms with Gasteiger partial charge in [0.1, 0.15) is 6.29 Å². The highest BCUT2D eigenvalue weighted by Crippen LogP contribution is 2.37. The van der Waals surface area contributed by atoms with E-state index in [4.69, 9.17) is 23.2 Å². The van der Waals surface area contributed by atoms with Gasteiger partial charge in [-0.1, -0.05) is 59.6 Å². The minimum atomic E-state index is 0.318. The van der Waals surface area contributed by atoms with Crippen LogP contribution in [-0.4, -0.2) is 24.3 Å². The van der Waals surface area contributed by atoms with Crippen molar-refractivity contribution in [2.24, 2.45) is 5.92 Å². The average molecular weight is 348 g/mol. The van der Waals surface area contributed by atoms with Gasteiger partial charge in [-0.25, -0.2) is 0 Å². The van der Waals surface area contributed by atoms with E-state index in [0.717, 1.165) is 25.9 Å². The smallest absolute Gasteiger partial charge is 0.120 e. The number of halogens is 2. The molecule has 2 aromatic carbocycles. The van der Waals surface area contributed by atoms with Gasteiger partial charge in [0, 0.05) is 32.0 Å². The summed E-state index contributed by atoms with van der Waals surface area (Å²) in [6.07, 6.45) is 1.61. The molecular formula is C19H19Cl2NO. The van der Waals surface area contributed by atoms with E-state index in [0.29, 0.717) is 28.3 Å². The van der Waals surface area contributed by atoms with Crippen molar-refractivity contribution in [1.82, 2.24) is 4.90 Å². The highest BCUT2D eigenvalue weighted by atomic mass is 35.5. The summed E-state index contributed by atoms with van der Waals surface area (Å²) in [6.45, 7) is 2.78. The highest BCUT2D eigenvalue weighted by Gasteiger charge is 2.33. The lowest BCUT2D eigenvalue weighted by Gasteiger charge is -2.17. The Bertz CT molecular complexity index is 674. The molecule has 1 fully saturated rings. The molecule has 2 nitrogen and oxygen atoms in total. The van der Waals surface area contributed by atoms with Gasteiger partial charge >= 0.3 is 0 Å². The van der Waals surface area contributed by atoms with Gasteiger partial charge in [0.15, 0.2) is 0 Å². The van der Waals surface area contributed by atoms with Crippen molar-refractivity contribution in [2.75, 3.05) is 13.1 Å². The summed E-state index contributed by atoms with van der Waals surface area (Å²) in [5, 5.41) is 1.15. The fourth-order valence-corrected chi connectivity index (χ4v) is 3.72. The monoisotopic (exact) mass is 347 g/mol. The summed E-state index contributed by atoms with van der Waals surface area (Å²) < 4.78 is 0. The zero-order valence-corrected chi connectivity index (χ0v) is 14.3. The van der Waals surface area contributed by atoms with E-state index < -0.39 is 0 Å². The van der Waals surface area contributed by atoms with Gasteiger partial charge < -0.3 is 4.79 Å². The fourth-order valence-electron chi connectivity index (χ4n) is 3.41. The molecule has 1 heterocycles. The van der Waals surface area contributed by atoms with Crippen molar-refractivity contribution in [1.29, 1.82) is 0 Å². The van der Waals surface area contributed by atoms with Crippen LogP contribution >= 0.6 is 23.2 Å². The maximum atomic E-state index is 11.1. The van der Waals surface area contributed by atoms with Crippen molar-refractivity contribution >= 4 is 29.5 Å². The number of benzene rings is 2. The molecule has 0 spiro atoms. The number of hydrogen-bond donors (Lipinski definition) is 0. The van der Waals surface area contributed by atoms with Crippen LogP contribution in [0.5, 0.6) is 0 Å². The van der Waals surface area contributed by atoms with Crippen LogP contribution in [0.1, 0.15) is 23.5 Å². The third kappa shape index (κ3) is 3.95. The Morgan fingerprint density at radius 2 is 1.83 bits per heavy atom. The maximum absolute atomic E-state index is 11.1. The number of carbonyl (C=O) groups excluding carboxylic acids is 1. The van der Waals surface area contributed by atoms with Gasteiger partial charge in [0.25, 0.3) is 0 Å². The van der Waals surface area contributed by atoms with E-state index in [9.17, 15) is 4.79 Å². The topological polar surface area (TPSA) is 20.3 Å². The number of hydrogen-bond acceptors (Lipinski definition) is 2. The van der Waals surface area contributed by atoms with E-state index in [1.54, 1.807) is 0 Å². The van der Waals surface area contributed by atoms with Crippen LogP contribution in [0.15, 0.2) is 48.5 Å². The van der Waals surface area contributed by atoms with E-state index in [2.05, 4.69) is 29.2 Å². The van der Waals surface area contributed by atoms with Crippen LogP contribution in [0, 0.1) is 5.92 Å². The lowest BCUT2D eigenvalue weighted by molar-refractivity contribution is -0.108. The molecule has 1 aliphatic heterocycles. The number of likely N-dealkylation sites (tertiary alicyclic amines) is 1. The lowest BCUT2D eigenvalue weighted by Crippen LogP contribution is -2.20. The molecule has 0 aromatic heterocycles. The lowest BCUT2D eigenvalue weighted by atomic mass is 9.87. The van der Waals surface area contributed by atoms with E-state index in [1.165, 1.54) is 11.1 Å². The summed E-state index contributed by atoms with van der Waals surface area (Å²) in [5.41, 5.74) is 2.47.